The minimum atomic E-state index is -0.0602. The number of halogens is 1. The van der Waals surface area contributed by atoms with Gasteiger partial charge in [0.05, 0.1) is 13.2 Å². The van der Waals surface area contributed by atoms with Crippen molar-refractivity contribution in [3.63, 3.8) is 0 Å². The number of anilines is 1. The van der Waals surface area contributed by atoms with Gasteiger partial charge in [-0.1, -0.05) is 12.1 Å². The number of methoxy groups -OCH3 is 1. The minimum absolute atomic E-state index is 0. The van der Waals surface area contributed by atoms with Gasteiger partial charge in [-0.25, -0.2) is 0 Å². The molecule has 0 fully saturated rings. The number of ether oxygens (including phenoxy) is 2. The Labute approximate surface area is 179 Å². The molecule has 0 spiro atoms. The second-order valence-electron chi connectivity index (χ2n) is 5.77. The molecule has 0 aromatic heterocycles. The van der Waals surface area contributed by atoms with Crippen molar-refractivity contribution in [2.75, 3.05) is 51.9 Å². The summed E-state index contributed by atoms with van der Waals surface area (Å²) < 4.78 is 10.4. The average molecular weight is 492 g/mol. The number of carbonyl (C=O) groups excluding carboxylic acids is 1. The van der Waals surface area contributed by atoms with Crippen LogP contribution < -0.4 is 16.0 Å². The molecule has 0 aliphatic rings. The molecule has 0 radical (unpaired) electrons. The van der Waals surface area contributed by atoms with Crippen LogP contribution in [0.25, 0.3) is 0 Å². The number of aliphatic imine (C=N–C) groups is 1. The molecule has 0 atom stereocenters. The lowest BCUT2D eigenvalue weighted by Crippen LogP contribution is -2.38. The van der Waals surface area contributed by atoms with Crippen LogP contribution in [0.4, 0.5) is 5.69 Å². The van der Waals surface area contributed by atoms with Crippen LogP contribution in [0.2, 0.25) is 0 Å². The number of carbonyl (C=O) groups is 1. The lowest BCUT2D eigenvalue weighted by Gasteiger charge is -2.11. The monoisotopic (exact) mass is 492 g/mol. The van der Waals surface area contributed by atoms with Gasteiger partial charge in [0, 0.05) is 46.0 Å². The molecule has 3 N–H and O–H groups in total. The Bertz CT molecular complexity index is 538. The van der Waals surface area contributed by atoms with Gasteiger partial charge in [0.25, 0.3) is 0 Å². The van der Waals surface area contributed by atoms with E-state index in [-0.39, 0.29) is 29.9 Å². The molecule has 0 saturated heterocycles. The van der Waals surface area contributed by atoms with Crippen molar-refractivity contribution in [3.05, 3.63) is 29.8 Å². The van der Waals surface area contributed by atoms with Crippen molar-refractivity contribution in [3.8, 4) is 0 Å². The van der Waals surface area contributed by atoms with Gasteiger partial charge >= 0.3 is 0 Å². The Morgan fingerprint density at radius 2 is 1.85 bits per heavy atom. The van der Waals surface area contributed by atoms with Gasteiger partial charge in [-0.3, -0.25) is 9.79 Å². The van der Waals surface area contributed by atoms with Crippen LogP contribution in [-0.4, -0.2) is 58.4 Å². The summed E-state index contributed by atoms with van der Waals surface area (Å²) in [7, 11) is 1.67. The molecule has 0 aliphatic carbocycles. The largest absolute Gasteiger partial charge is 0.382 e. The summed E-state index contributed by atoms with van der Waals surface area (Å²) in [6.45, 7) is 7.81. The van der Waals surface area contributed by atoms with E-state index in [2.05, 4.69) is 20.9 Å². The molecule has 8 heteroatoms. The fourth-order valence-corrected chi connectivity index (χ4v) is 2.23. The molecular formula is C19H33IN4O3. The average Bonchev–Trinajstić information content (AvgIpc) is 2.62. The van der Waals surface area contributed by atoms with E-state index in [1.54, 1.807) is 7.11 Å². The molecule has 0 bridgehead atoms. The summed E-state index contributed by atoms with van der Waals surface area (Å²) in [5, 5.41) is 9.34. The van der Waals surface area contributed by atoms with Crippen LogP contribution in [0, 0.1) is 0 Å². The third-order valence-corrected chi connectivity index (χ3v) is 3.47. The maximum absolute atomic E-state index is 11.0. The lowest BCUT2D eigenvalue weighted by atomic mass is 10.1. The van der Waals surface area contributed by atoms with E-state index >= 15 is 0 Å². The maximum atomic E-state index is 11.0. The van der Waals surface area contributed by atoms with E-state index in [0.717, 1.165) is 37.6 Å². The van der Waals surface area contributed by atoms with Crippen molar-refractivity contribution in [1.29, 1.82) is 0 Å². The van der Waals surface area contributed by atoms with E-state index in [0.29, 0.717) is 26.4 Å². The van der Waals surface area contributed by atoms with E-state index in [4.69, 9.17) is 9.47 Å². The Morgan fingerprint density at radius 3 is 2.48 bits per heavy atom. The molecule has 0 saturated carbocycles. The number of hydrogen-bond donors (Lipinski definition) is 3. The molecule has 27 heavy (non-hydrogen) atoms. The quantitative estimate of drug-likeness (QED) is 0.181. The highest BCUT2D eigenvalue weighted by Crippen LogP contribution is 2.09. The second kappa shape index (κ2) is 16.8. The first kappa shape index (κ1) is 25.6. The fraction of sp³-hybridized carbons (Fsp3) is 0.579. The second-order valence-corrected chi connectivity index (χ2v) is 5.77. The number of guanidine groups is 1. The molecular weight excluding hydrogens is 459 g/mol. The summed E-state index contributed by atoms with van der Waals surface area (Å²) in [5.41, 5.74) is 2.02. The Kier molecular flexibility index (Phi) is 15.9. The van der Waals surface area contributed by atoms with Crippen molar-refractivity contribution in [1.82, 2.24) is 10.6 Å². The van der Waals surface area contributed by atoms with Gasteiger partial charge in [-0.2, -0.15) is 0 Å². The topological polar surface area (TPSA) is 84.0 Å². The summed E-state index contributed by atoms with van der Waals surface area (Å²) in [5.74, 6) is 0.759. The number of amides is 1. The molecule has 0 unspecified atom stereocenters. The maximum Gasteiger partial charge on any atom is 0.221 e. The normalized spacial score (nSPS) is 10.9. The molecule has 0 heterocycles. The third-order valence-electron chi connectivity index (χ3n) is 3.47. The predicted molar refractivity (Wildman–Crippen MR) is 121 cm³/mol. The number of nitrogens with zero attached hydrogens (tertiary/aromatic N) is 1. The molecule has 7 nitrogen and oxygen atoms in total. The minimum Gasteiger partial charge on any atom is -0.382 e. The van der Waals surface area contributed by atoms with Gasteiger partial charge < -0.3 is 25.4 Å². The van der Waals surface area contributed by atoms with Crippen LogP contribution in [-0.2, 0) is 20.7 Å². The number of nitrogens with one attached hydrogen (secondary N) is 3. The van der Waals surface area contributed by atoms with Crippen LogP contribution in [0.15, 0.2) is 29.3 Å². The zero-order chi connectivity index (χ0) is 19.0. The first-order valence-electron chi connectivity index (χ1n) is 9.11. The number of benzene rings is 1. The Hall–Kier alpha value is -1.39. The van der Waals surface area contributed by atoms with Crippen molar-refractivity contribution >= 4 is 41.5 Å². The first-order chi connectivity index (χ1) is 12.7. The van der Waals surface area contributed by atoms with E-state index < -0.39 is 0 Å². The molecule has 1 aromatic rings. The first-order valence-corrected chi connectivity index (χ1v) is 9.11. The van der Waals surface area contributed by atoms with Crippen LogP contribution in [0.1, 0.15) is 25.8 Å². The van der Waals surface area contributed by atoms with Crippen LogP contribution >= 0.6 is 24.0 Å². The van der Waals surface area contributed by atoms with E-state index in [1.807, 2.05) is 31.2 Å². The molecule has 1 rings (SSSR count). The third kappa shape index (κ3) is 13.4. The van der Waals surface area contributed by atoms with E-state index in [9.17, 15) is 4.79 Å². The summed E-state index contributed by atoms with van der Waals surface area (Å²) in [4.78, 5) is 15.6. The zero-order valence-corrected chi connectivity index (χ0v) is 18.9. The zero-order valence-electron chi connectivity index (χ0n) is 16.5. The molecule has 1 aromatic carbocycles. The van der Waals surface area contributed by atoms with Crippen molar-refractivity contribution < 1.29 is 14.3 Å². The van der Waals surface area contributed by atoms with E-state index in [1.165, 1.54) is 12.5 Å². The molecule has 0 aliphatic heterocycles. The summed E-state index contributed by atoms with van der Waals surface area (Å²) in [6, 6.07) is 7.88. The highest BCUT2D eigenvalue weighted by molar-refractivity contribution is 14.0. The summed E-state index contributed by atoms with van der Waals surface area (Å²) >= 11 is 0. The van der Waals surface area contributed by atoms with Gasteiger partial charge in [0.15, 0.2) is 5.96 Å². The van der Waals surface area contributed by atoms with Gasteiger partial charge in [0.2, 0.25) is 5.91 Å². The SMILES string of the molecule is CCNC(=NCCCOCCOC)NCCc1ccc(NC(C)=O)cc1.I. The smallest absolute Gasteiger partial charge is 0.221 e. The van der Waals surface area contributed by atoms with Crippen molar-refractivity contribution in [2.24, 2.45) is 4.99 Å². The van der Waals surface area contributed by atoms with Gasteiger partial charge in [0.1, 0.15) is 0 Å². The standard InChI is InChI=1S/C19H32N4O3.HI/c1-4-20-19(21-11-5-13-26-15-14-25-3)22-12-10-17-6-8-18(9-7-17)23-16(2)24;/h6-9H,4-5,10-15H2,1-3H3,(H,23,24)(H2,20,21,22);1H. The number of hydrogen-bond acceptors (Lipinski definition) is 4. The Balaban J connectivity index is 0.00000676. The highest BCUT2D eigenvalue weighted by atomic mass is 127. The van der Waals surface area contributed by atoms with Gasteiger partial charge in [-0.05, 0) is 37.5 Å². The van der Waals surface area contributed by atoms with Crippen LogP contribution in [0.3, 0.4) is 0 Å². The van der Waals surface area contributed by atoms with Gasteiger partial charge in [-0.15, -0.1) is 24.0 Å². The number of rotatable bonds is 12. The fourth-order valence-electron chi connectivity index (χ4n) is 2.23. The summed E-state index contributed by atoms with van der Waals surface area (Å²) in [6.07, 6.45) is 1.76. The molecule has 1 amide bonds. The lowest BCUT2D eigenvalue weighted by molar-refractivity contribution is -0.114. The predicted octanol–water partition coefficient (Wildman–Crippen LogP) is 2.41. The highest BCUT2D eigenvalue weighted by Gasteiger charge is 1.99. The van der Waals surface area contributed by atoms with Crippen molar-refractivity contribution in [2.45, 2.75) is 26.7 Å². The Morgan fingerprint density at radius 1 is 1.11 bits per heavy atom. The molecule has 154 valence electrons. The van der Waals surface area contributed by atoms with Crippen LogP contribution in [0.5, 0.6) is 0 Å².